The van der Waals surface area contributed by atoms with Gasteiger partial charge in [-0.15, -0.1) is 0 Å². The first-order valence-corrected chi connectivity index (χ1v) is 16.9. The van der Waals surface area contributed by atoms with Gasteiger partial charge in [0.25, 0.3) is 0 Å². The molecule has 0 spiro atoms. The monoisotopic (exact) mass is 613 g/mol. The van der Waals surface area contributed by atoms with Crippen LogP contribution in [0, 0.1) is 0 Å². The van der Waals surface area contributed by atoms with Crippen LogP contribution in [-0.4, -0.2) is 4.98 Å². The smallest absolute Gasteiger partial charge is 0.271 e. The summed E-state index contributed by atoms with van der Waals surface area (Å²) in [5.41, 5.74) is 7.87. The van der Waals surface area contributed by atoms with Gasteiger partial charge in [-0.05, 0) is 82.9 Å². The van der Waals surface area contributed by atoms with Crippen LogP contribution in [0.4, 0.5) is 22.7 Å². The molecule has 222 valence electrons. The molecule has 0 saturated heterocycles. The largest absolute Gasteiger partial charge is 0.319 e. The summed E-state index contributed by atoms with van der Waals surface area (Å²) >= 11 is 0. The second kappa shape index (κ2) is 13.1. The fourth-order valence-electron chi connectivity index (χ4n) is 5.78. The van der Waals surface area contributed by atoms with E-state index >= 15 is 4.57 Å². The van der Waals surface area contributed by atoms with Crippen LogP contribution in [0.15, 0.2) is 194 Å². The maximum absolute atomic E-state index is 16.7. The van der Waals surface area contributed by atoms with Gasteiger partial charge in [-0.1, -0.05) is 127 Å². The third-order valence-corrected chi connectivity index (χ3v) is 10.8. The third kappa shape index (κ3) is 5.75. The molecule has 0 N–H and O–H groups in total. The van der Waals surface area contributed by atoms with E-state index in [-0.39, 0.29) is 0 Å². The first kappa shape index (κ1) is 29.0. The molecule has 1 heterocycles. The van der Waals surface area contributed by atoms with Crippen LogP contribution in [-0.2, 0) is 4.57 Å². The van der Waals surface area contributed by atoms with Gasteiger partial charge in [0.15, 0.2) is 0 Å². The van der Waals surface area contributed by atoms with Crippen LogP contribution in [0.1, 0.15) is 0 Å². The van der Waals surface area contributed by atoms with Gasteiger partial charge in [-0.3, -0.25) is 13.9 Å². The molecule has 7 aromatic rings. The van der Waals surface area contributed by atoms with Crippen molar-refractivity contribution in [3.05, 3.63) is 194 Å². The van der Waals surface area contributed by atoms with Crippen LogP contribution in [0.5, 0.6) is 0 Å². The van der Waals surface area contributed by atoms with E-state index in [1.807, 2.05) is 149 Å². The molecular weight excluding hydrogens is 581 g/mol. The molecule has 6 aromatic carbocycles. The van der Waals surface area contributed by atoms with Crippen molar-refractivity contribution in [2.24, 2.45) is 0 Å². The second-order valence-electron chi connectivity index (χ2n) is 10.9. The van der Waals surface area contributed by atoms with Gasteiger partial charge in [-0.25, -0.2) is 4.98 Å². The maximum atomic E-state index is 16.7. The molecule has 0 radical (unpaired) electrons. The summed E-state index contributed by atoms with van der Waals surface area (Å²) in [4.78, 5) is 4.81. The number of nitrogens with zero attached hydrogens (tertiary/aromatic N) is 3. The molecular formula is C41H32N3OP. The topological polar surface area (TPSA) is 36.4 Å². The van der Waals surface area contributed by atoms with Crippen LogP contribution >= 0.6 is 7.44 Å². The Balaban J connectivity index is 1.52. The lowest BCUT2D eigenvalue weighted by atomic mass is 10.1. The third-order valence-electron chi connectivity index (χ3n) is 7.89. The zero-order chi connectivity index (χ0) is 31.2. The van der Waals surface area contributed by atoms with Crippen molar-refractivity contribution in [3.63, 3.8) is 0 Å². The highest BCUT2D eigenvalue weighted by Crippen LogP contribution is 2.62. The van der Waals surface area contributed by atoms with E-state index in [9.17, 15) is 0 Å². The summed E-state index contributed by atoms with van der Waals surface area (Å²) < 4.78 is 20.7. The molecule has 7 rings (SSSR count). The number of hydrogen-bond donors (Lipinski definition) is 0. The van der Waals surface area contributed by atoms with Crippen molar-refractivity contribution >= 4 is 35.6 Å². The molecule has 0 aliphatic rings. The van der Waals surface area contributed by atoms with Gasteiger partial charge in [0.2, 0.25) is 0 Å². The fourth-order valence-corrected chi connectivity index (χ4v) is 8.63. The van der Waals surface area contributed by atoms with Gasteiger partial charge in [0.05, 0.1) is 11.4 Å². The predicted molar refractivity (Wildman–Crippen MR) is 192 cm³/mol. The average Bonchev–Trinajstić information content (AvgIpc) is 3.14. The van der Waals surface area contributed by atoms with Gasteiger partial charge < -0.3 is 0 Å². The lowest BCUT2D eigenvalue weighted by molar-refractivity contribution is 0.580. The van der Waals surface area contributed by atoms with Crippen molar-refractivity contribution in [2.45, 2.75) is 0 Å². The molecule has 0 atom stereocenters. The van der Waals surface area contributed by atoms with Gasteiger partial charge >= 0.3 is 7.44 Å². The Labute approximate surface area is 270 Å². The molecule has 5 heteroatoms. The summed E-state index contributed by atoms with van der Waals surface area (Å²) in [6.07, 6.45) is 1.72. The first-order valence-electron chi connectivity index (χ1n) is 15.3. The molecule has 0 aliphatic heterocycles. The second-order valence-corrected chi connectivity index (χ2v) is 13.2. The van der Waals surface area contributed by atoms with Crippen LogP contribution in [0.2, 0.25) is 0 Å². The standard InChI is InChI=1S/C41H32N3OP/c45-46(41-29-13-14-30-42-41,43(37-23-9-3-10-24-37)39-27-15-21-35(31-39)33-17-5-1-6-18-33)44(38-25-11-4-12-26-38)40-28-16-22-36(32-40)34-19-7-2-8-20-34/h1-32H. The Bertz CT molecular complexity index is 1940. The van der Waals surface area contributed by atoms with Crippen molar-refractivity contribution in [3.8, 4) is 22.3 Å². The summed E-state index contributed by atoms with van der Waals surface area (Å²) in [5.74, 6) is 0. The maximum Gasteiger partial charge on any atom is 0.319 e. The van der Waals surface area contributed by atoms with Crippen molar-refractivity contribution in [2.75, 3.05) is 9.34 Å². The quantitative estimate of drug-likeness (QED) is 0.152. The van der Waals surface area contributed by atoms with Crippen molar-refractivity contribution < 1.29 is 4.57 Å². The van der Waals surface area contributed by atoms with E-state index < -0.39 is 7.44 Å². The minimum absolute atomic E-state index is 0.470. The highest BCUT2D eigenvalue weighted by Gasteiger charge is 2.43. The van der Waals surface area contributed by atoms with Crippen LogP contribution < -0.4 is 14.8 Å². The number of pyridine rings is 1. The van der Waals surface area contributed by atoms with Crippen molar-refractivity contribution in [1.82, 2.24) is 4.98 Å². The van der Waals surface area contributed by atoms with Gasteiger partial charge in [0, 0.05) is 17.6 Å². The lowest BCUT2D eigenvalue weighted by Gasteiger charge is -2.41. The summed E-state index contributed by atoms with van der Waals surface area (Å²) in [5, 5.41) is 0. The Morgan fingerprint density at radius 1 is 0.370 bits per heavy atom. The number of para-hydroxylation sites is 2. The molecule has 4 nitrogen and oxygen atoms in total. The number of aromatic nitrogens is 1. The minimum atomic E-state index is -3.85. The molecule has 1 aromatic heterocycles. The van der Waals surface area contributed by atoms with E-state index in [0.29, 0.717) is 5.44 Å². The molecule has 0 bridgehead atoms. The van der Waals surface area contributed by atoms with E-state index in [2.05, 4.69) is 48.5 Å². The molecule has 0 amide bonds. The Morgan fingerprint density at radius 3 is 1.15 bits per heavy atom. The molecule has 46 heavy (non-hydrogen) atoms. The minimum Gasteiger partial charge on any atom is -0.271 e. The number of hydrogen-bond acceptors (Lipinski definition) is 2. The number of benzene rings is 6. The summed E-state index contributed by atoms with van der Waals surface area (Å²) in [6, 6.07) is 62.6. The highest BCUT2D eigenvalue weighted by atomic mass is 31.2. The molecule has 0 aliphatic carbocycles. The SMILES string of the molecule is O=P(c1ccccn1)(N(c1ccccc1)c1cccc(-c2ccccc2)c1)N(c1ccccc1)c1cccc(-c2ccccc2)c1. The zero-order valence-electron chi connectivity index (χ0n) is 25.2. The molecule has 0 unspecified atom stereocenters. The van der Waals surface area contributed by atoms with E-state index in [0.717, 1.165) is 45.0 Å². The predicted octanol–water partition coefficient (Wildman–Crippen LogP) is 10.9. The number of anilines is 4. The van der Waals surface area contributed by atoms with Crippen LogP contribution in [0.25, 0.3) is 22.3 Å². The van der Waals surface area contributed by atoms with E-state index in [1.165, 1.54) is 0 Å². The Morgan fingerprint density at radius 2 is 0.739 bits per heavy atom. The highest BCUT2D eigenvalue weighted by molar-refractivity contribution is 7.75. The summed E-state index contributed by atoms with van der Waals surface area (Å²) in [6.45, 7) is 0. The van der Waals surface area contributed by atoms with Gasteiger partial charge in [-0.2, -0.15) is 0 Å². The first-order chi connectivity index (χ1) is 22.7. The number of rotatable bonds is 9. The van der Waals surface area contributed by atoms with E-state index in [4.69, 9.17) is 4.98 Å². The Hall–Kier alpha value is -5.70. The lowest BCUT2D eigenvalue weighted by Crippen LogP contribution is -2.34. The molecule has 0 fully saturated rings. The average molecular weight is 614 g/mol. The van der Waals surface area contributed by atoms with Gasteiger partial charge in [0.1, 0.15) is 5.44 Å². The molecule has 0 saturated carbocycles. The van der Waals surface area contributed by atoms with E-state index in [1.54, 1.807) is 6.20 Å². The van der Waals surface area contributed by atoms with Crippen molar-refractivity contribution in [1.29, 1.82) is 0 Å². The zero-order valence-corrected chi connectivity index (χ0v) is 26.1. The Kier molecular flexibility index (Phi) is 8.28. The van der Waals surface area contributed by atoms with Crippen LogP contribution in [0.3, 0.4) is 0 Å². The fraction of sp³-hybridized carbons (Fsp3) is 0. The summed E-state index contributed by atoms with van der Waals surface area (Å²) in [7, 11) is -3.85. The normalized spacial score (nSPS) is 11.1.